The van der Waals surface area contributed by atoms with Gasteiger partial charge in [-0.25, -0.2) is 4.98 Å². The largest absolute Gasteiger partial charge is 0.457 e. The van der Waals surface area contributed by atoms with Gasteiger partial charge in [-0.3, -0.25) is 0 Å². The van der Waals surface area contributed by atoms with Gasteiger partial charge < -0.3 is 19.1 Å². The molecule has 3 saturated carbocycles. The first-order valence-corrected chi connectivity index (χ1v) is 14.5. The lowest BCUT2D eigenvalue weighted by Crippen LogP contribution is -2.52. The van der Waals surface area contributed by atoms with E-state index in [0.29, 0.717) is 32.0 Å². The molecule has 0 bridgehead atoms. The molecule has 4 aliphatic carbocycles. The summed E-state index contributed by atoms with van der Waals surface area (Å²) in [5.41, 5.74) is 2.70. The standard InChI is InChI=1S/C32H35F3N2O3/c1-29-19-26(21-2-5-23(6-3-21)37-15-14-36-20-37)28-24-8-11-31(39-16-17-40-31)18-22(24)4-7-25(28)27(29)9-10-30(29,38)12-13-32(33,34)35/h2-3,5-6,14-15,20,22,25-27,38H,4,7-11,16-19H2,1H3/t22?,25?,26-,27?,29?,30-/m1/s1. The van der Waals surface area contributed by atoms with Gasteiger partial charge in [0.05, 0.1) is 19.5 Å². The molecule has 2 heterocycles. The van der Waals surface area contributed by atoms with Crippen LogP contribution in [-0.4, -0.2) is 45.4 Å². The third-order valence-electron chi connectivity index (χ3n) is 10.8. The first-order valence-electron chi connectivity index (χ1n) is 14.5. The predicted molar refractivity (Wildman–Crippen MR) is 142 cm³/mol. The minimum Gasteiger partial charge on any atom is -0.377 e. The van der Waals surface area contributed by atoms with E-state index in [9.17, 15) is 18.3 Å². The van der Waals surface area contributed by atoms with Crippen LogP contribution in [0.1, 0.15) is 69.8 Å². The second-order valence-corrected chi connectivity index (χ2v) is 12.7. The number of hydrogen-bond acceptors (Lipinski definition) is 4. The molecule has 5 nitrogen and oxygen atoms in total. The highest BCUT2D eigenvalue weighted by Gasteiger charge is 2.63. The number of imidazole rings is 1. The maximum atomic E-state index is 13.2. The molecule has 8 heteroatoms. The van der Waals surface area contributed by atoms with Crippen LogP contribution < -0.4 is 0 Å². The quantitative estimate of drug-likeness (QED) is 0.350. The van der Waals surface area contributed by atoms with Crippen LogP contribution in [0.5, 0.6) is 0 Å². The Kier molecular flexibility index (Phi) is 6.05. The Morgan fingerprint density at radius 3 is 2.52 bits per heavy atom. The van der Waals surface area contributed by atoms with Crippen LogP contribution in [0, 0.1) is 35.0 Å². The van der Waals surface area contributed by atoms with Gasteiger partial charge in [-0.15, -0.1) is 0 Å². The molecule has 1 saturated heterocycles. The molecule has 1 N–H and O–H groups in total. The van der Waals surface area contributed by atoms with Crippen molar-refractivity contribution in [3.8, 4) is 17.5 Å². The summed E-state index contributed by atoms with van der Waals surface area (Å²) in [6.45, 7) is 3.28. The Morgan fingerprint density at radius 2 is 1.82 bits per heavy atom. The molecule has 212 valence electrons. The molecule has 1 aromatic carbocycles. The Morgan fingerprint density at radius 1 is 1.05 bits per heavy atom. The molecule has 1 spiro atoms. The molecule has 40 heavy (non-hydrogen) atoms. The topological polar surface area (TPSA) is 56.5 Å². The zero-order valence-corrected chi connectivity index (χ0v) is 22.7. The third-order valence-corrected chi connectivity index (χ3v) is 10.8. The van der Waals surface area contributed by atoms with Gasteiger partial charge in [0.15, 0.2) is 5.79 Å². The van der Waals surface area contributed by atoms with E-state index in [1.54, 1.807) is 12.5 Å². The number of aliphatic hydroxyl groups is 1. The number of aromatic nitrogens is 2. The number of nitrogens with zero attached hydrogens (tertiary/aromatic N) is 2. The van der Waals surface area contributed by atoms with Crippen LogP contribution in [0.15, 0.2) is 54.1 Å². The maximum Gasteiger partial charge on any atom is 0.457 e. The molecule has 0 amide bonds. The smallest absolute Gasteiger partial charge is 0.377 e. The number of rotatable bonds is 2. The van der Waals surface area contributed by atoms with Gasteiger partial charge in [0.1, 0.15) is 5.60 Å². The zero-order chi connectivity index (χ0) is 27.8. The average Bonchev–Trinajstić information content (AvgIpc) is 3.68. The number of ether oxygens (including phenoxy) is 2. The van der Waals surface area contributed by atoms with Crippen LogP contribution in [0.25, 0.3) is 5.69 Å². The summed E-state index contributed by atoms with van der Waals surface area (Å²) in [4.78, 5) is 4.15. The Balaban J connectivity index is 1.31. The minimum atomic E-state index is -4.63. The monoisotopic (exact) mass is 552 g/mol. The predicted octanol–water partition coefficient (Wildman–Crippen LogP) is 6.32. The lowest BCUT2D eigenvalue weighted by molar-refractivity contribution is -0.181. The Bertz CT molecular complexity index is 1370. The van der Waals surface area contributed by atoms with Crippen LogP contribution in [0.3, 0.4) is 0 Å². The fourth-order valence-electron chi connectivity index (χ4n) is 8.96. The van der Waals surface area contributed by atoms with E-state index in [2.05, 4.69) is 35.2 Å². The number of hydrogen-bond donors (Lipinski definition) is 1. The fraction of sp³-hybridized carbons (Fsp3) is 0.594. The molecule has 0 radical (unpaired) electrons. The van der Waals surface area contributed by atoms with Gasteiger partial charge in [0.2, 0.25) is 0 Å². The molecule has 6 atom stereocenters. The summed E-state index contributed by atoms with van der Waals surface area (Å²) in [5, 5.41) is 11.8. The second kappa shape index (κ2) is 9.20. The highest BCUT2D eigenvalue weighted by Crippen LogP contribution is 2.67. The lowest BCUT2D eigenvalue weighted by Gasteiger charge is -2.55. The molecular weight excluding hydrogens is 517 g/mol. The number of fused-ring (bicyclic) bond motifs is 4. The van der Waals surface area contributed by atoms with Gasteiger partial charge in [0.25, 0.3) is 0 Å². The number of benzene rings is 1. The van der Waals surface area contributed by atoms with Crippen molar-refractivity contribution in [1.29, 1.82) is 0 Å². The van der Waals surface area contributed by atoms with E-state index in [0.717, 1.165) is 43.4 Å². The van der Waals surface area contributed by atoms with Crippen molar-refractivity contribution in [1.82, 2.24) is 9.55 Å². The molecule has 1 aliphatic heterocycles. The van der Waals surface area contributed by atoms with Crippen molar-refractivity contribution < 1.29 is 27.8 Å². The third kappa shape index (κ3) is 4.16. The zero-order valence-electron chi connectivity index (χ0n) is 22.7. The van der Waals surface area contributed by atoms with Crippen molar-refractivity contribution in [2.24, 2.45) is 23.2 Å². The highest BCUT2D eigenvalue weighted by atomic mass is 19.4. The number of alkyl halides is 3. The summed E-state index contributed by atoms with van der Waals surface area (Å²) in [7, 11) is 0. The molecular formula is C32H35F3N2O3. The van der Waals surface area contributed by atoms with E-state index in [4.69, 9.17) is 9.47 Å². The van der Waals surface area contributed by atoms with E-state index < -0.39 is 23.0 Å². The highest BCUT2D eigenvalue weighted by molar-refractivity contribution is 5.45. The van der Waals surface area contributed by atoms with Crippen LogP contribution in [0.2, 0.25) is 0 Å². The molecule has 1 aromatic heterocycles. The molecule has 2 aromatic rings. The Labute approximate surface area is 232 Å². The normalized spacial score (nSPS) is 36.5. The van der Waals surface area contributed by atoms with E-state index in [1.807, 2.05) is 17.7 Å². The molecule has 4 unspecified atom stereocenters. The molecule has 7 rings (SSSR count). The Hall–Kier alpha value is -2.60. The SMILES string of the molecule is CC12C[C@H](c3ccc(-n4ccnc4)cc3)C3=C4CCC5(CC4CCC3C1CC[C@@]2(O)C#CC(F)(F)F)OCCO5. The van der Waals surface area contributed by atoms with Crippen LogP contribution in [0.4, 0.5) is 13.2 Å². The van der Waals surface area contributed by atoms with Gasteiger partial charge >= 0.3 is 6.18 Å². The summed E-state index contributed by atoms with van der Waals surface area (Å²) in [6, 6.07) is 8.43. The number of halogens is 3. The van der Waals surface area contributed by atoms with Crippen molar-refractivity contribution in [3.05, 3.63) is 59.7 Å². The van der Waals surface area contributed by atoms with Crippen LogP contribution >= 0.6 is 0 Å². The van der Waals surface area contributed by atoms with E-state index in [1.165, 1.54) is 17.1 Å². The van der Waals surface area contributed by atoms with Crippen molar-refractivity contribution in [2.45, 2.75) is 81.8 Å². The summed E-state index contributed by atoms with van der Waals surface area (Å²) in [6.07, 6.45) is 6.92. The minimum absolute atomic E-state index is 0.0117. The van der Waals surface area contributed by atoms with Gasteiger partial charge in [0, 0.05) is 48.2 Å². The summed E-state index contributed by atoms with van der Waals surface area (Å²) < 4.78 is 53.7. The van der Waals surface area contributed by atoms with Crippen molar-refractivity contribution in [3.63, 3.8) is 0 Å². The molecule has 4 fully saturated rings. The maximum absolute atomic E-state index is 13.2. The second-order valence-electron chi connectivity index (χ2n) is 12.7. The average molecular weight is 553 g/mol. The first-order chi connectivity index (χ1) is 19.1. The van der Waals surface area contributed by atoms with Crippen LogP contribution in [-0.2, 0) is 9.47 Å². The van der Waals surface area contributed by atoms with Gasteiger partial charge in [-0.2, -0.15) is 13.2 Å². The number of allylic oxidation sites excluding steroid dienone is 2. The summed E-state index contributed by atoms with van der Waals surface area (Å²) >= 11 is 0. The van der Waals surface area contributed by atoms with Crippen molar-refractivity contribution >= 4 is 0 Å². The van der Waals surface area contributed by atoms with E-state index in [-0.39, 0.29) is 24.2 Å². The summed E-state index contributed by atoms with van der Waals surface area (Å²) in [5.74, 6) is 4.04. The first kappa shape index (κ1) is 26.3. The van der Waals surface area contributed by atoms with Gasteiger partial charge in [-0.05, 0) is 74.0 Å². The van der Waals surface area contributed by atoms with Crippen molar-refractivity contribution in [2.75, 3.05) is 13.2 Å². The fourth-order valence-corrected chi connectivity index (χ4v) is 8.96. The van der Waals surface area contributed by atoms with E-state index >= 15 is 0 Å². The molecule has 5 aliphatic rings. The lowest BCUT2D eigenvalue weighted by atomic mass is 9.50. The van der Waals surface area contributed by atoms with Gasteiger partial charge in [-0.1, -0.05) is 36.1 Å².